The minimum absolute atomic E-state index is 0.103. The highest BCUT2D eigenvalue weighted by Crippen LogP contribution is 2.01. The fraction of sp³-hybridized carbons (Fsp3) is 0.455. The third-order valence-electron chi connectivity index (χ3n) is 2.35. The molecule has 1 rings (SSSR count). The van der Waals surface area contributed by atoms with Gasteiger partial charge >= 0.3 is 0 Å². The number of carbonyl (C=O) groups is 1. The summed E-state index contributed by atoms with van der Waals surface area (Å²) in [6.45, 7) is 2.00. The molecule has 0 saturated carbocycles. The van der Waals surface area contributed by atoms with Crippen LogP contribution in [0.2, 0.25) is 0 Å². The fourth-order valence-corrected chi connectivity index (χ4v) is 1.92. The summed E-state index contributed by atoms with van der Waals surface area (Å²) < 4.78 is 0. The molecule has 1 heterocycles. The van der Waals surface area contributed by atoms with Crippen molar-refractivity contribution in [2.24, 2.45) is 0 Å². The number of alkyl halides is 1. The molecule has 1 aromatic rings. The van der Waals surface area contributed by atoms with Crippen LogP contribution in [-0.4, -0.2) is 22.3 Å². The first-order valence-corrected chi connectivity index (χ1v) is 6.35. The SMILES string of the molecule is CCC(CCBr)NC(=O)c1c[nH]ccc1=O. The Morgan fingerprint density at radius 3 is 2.94 bits per heavy atom. The second-order valence-electron chi connectivity index (χ2n) is 3.48. The second-order valence-corrected chi connectivity index (χ2v) is 4.27. The van der Waals surface area contributed by atoms with Crippen LogP contribution in [0.1, 0.15) is 30.1 Å². The van der Waals surface area contributed by atoms with Crippen LogP contribution in [0, 0.1) is 0 Å². The number of aromatic amines is 1. The number of amides is 1. The van der Waals surface area contributed by atoms with Crippen LogP contribution >= 0.6 is 15.9 Å². The molecule has 0 aliphatic carbocycles. The van der Waals surface area contributed by atoms with Crippen molar-refractivity contribution in [3.05, 3.63) is 34.2 Å². The summed E-state index contributed by atoms with van der Waals surface area (Å²) in [6, 6.07) is 1.45. The zero-order chi connectivity index (χ0) is 12.0. The molecular formula is C11H15BrN2O2. The third kappa shape index (κ3) is 3.48. The second kappa shape index (κ2) is 6.48. The molecule has 1 unspecified atom stereocenters. The van der Waals surface area contributed by atoms with E-state index in [1.165, 1.54) is 18.5 Å². The molecule has 0 aromatic carbocycles. The maximum Gasteiger partial charge on any atom is 0.256 e. The minimum Gasteiger partial charge on any atom is -0.367 e. The highest BCUT2D eigenvalue weighted by Gasteiger charge is 2.13. The monoisotopic (exact) mass is 286 g/mol. The fourth-order valence-electron chi connectivity index (χ4n) is 1.37. The van der Waals surface area contributed by atoms with Crippen molar-refractivity contribution < 1.29 is 4.79 Å². The molecule has 0 aliphatic heterocycles. The normalized spacial score (nSPS) is 12.1. The summed E-state index contributed by atoms with van der Waals surface area (Å²) in [5, 5.41) is 3.67. The maximum atomic E-state index is 11.8. The number of nitrogens with one attached hydrogen (secondary N) is 2. The molecule has 5 heteroatoms. The lowest BCUT2D eigenvalue weighted by molar-refractivity contribution is 0.0934. The Kier molecular flexibility index (Phi) is 5.25. The zero-order valence-corrected chi connectivity index (χ0v) is 10.7. The number of carbonyl (C=O) groups excluding carboxylic acids is 1. The Morgan fingerprint density at radius 2 is 2.38 bits per heavy atom. The van der Waals surface area contributed by atoms with Crippen molar-refractivity contribution >= 4 is 21.8 Å². The number of pyridine rings is 1. The van der Waals surface area contributed by atoms with Crippen LogP contribution in [0.3, 0.4) is 0 Å². The molecule has 16 heavy (non-hydrogen) atoms. The summed E-state index contributed by atoms with van der Waals surface area (Å²) in [4.78, 5) is 25.9. The van der Waals surface area contributed by atoms with Gasteiger partial charge in [-0.25, -0.2) is 0 Å². The Labute approximate surface area is 103 Å². The van der Waals surface area contributed by atoms with Crippen LogP contribution in [0.15, 0.2) is 23.3 Å². The van der Waals surface area contributed by atoms with E-state index in [0.29, 0.717) is 0 Å². The highest BCUT2D eigenvalue weighted by atomic mass is 79.9. The molecule has 1 aromatic heterocycles. The van der Waals surface area contributed by atoms with Crippen LogP contribution in [0.4, 0.5) is 0 Å². The average Bonchev–Trinajstić information content (AvgIpc) is 2.28. The Bertz CT molecular complexity index is 403. The van der Waals surface area contributed by atoms with Crippen LogP contribution in [0.5, 0.6) is 0 Å². The van der Waals surface area contributed by atoms with Gasteiger partial charge in [0.05, 0.1) is 0 Å². The topological polar surface area (TPSA) is 62.0 Å². The molecule has 4 nitrogen and oxygen atoms in total. The van der Waals surface area contributed by atoms with Gasteiger partial charge in [-0.3, -0.25) is 9.59 Å². The number of halogens is 1. The van der Waals surface area contributed by atoms with E-state index in [2.05, 4.69) is 26.2 Å². The number of hydrogen-bond acceptors (Lipinski definition) is 2. The van der Waals surface area contributed by atoms with Gasteiger partial charge in [0.25, 0.3) is 5.91 Å². The Hall–Kier alpha value is -1.10. The highest BCUT2D eigenvalue weighted by molar-refractivity contribution is 9.09. The van der Waals surface area contributed by atoms with Crippen LogP contribution < -0.4 is 10.7 Å². The molecule has 1 amide bonds. The quantitative estimate of drug-likeness (QED) is 0.809. The predicted molar refractivity (Wildman–Crippen MR) is 67.0 cm³/mol. The zero-order valence-electron chi connectivity index (χ0n) is 9.13. The molecular weight excluding hydrogens is 272 g/mol. The van der Waals surface area contributed by atoms with Crippen molar-refractivity contribution in [2.45, 2.75) is 25.8 Å². The number of aromatic nitrogens is 1. The first-order chi connectivity index (χ1) is 7.69. The molecule has 0 radical (unpaired) electrons. The van der Waals surface area contributed by atoms with E-state index >= 15 is 0 Å². The van der Waals surface area contributed by atoms with E-state index in [0.717, 1.165) is 18.2 Å². The van der Waals surface area contributed by atoms with Crippen LogP contribution in [-0.2, 0) is 0 Å². The minimum atomic E-state index is -0.311. The van der Waals surface area contributed by atoms with Crippen molar-refractivity contribution in [3.63, 3.8) is 0 Å². The van der Waals surface area contributed by atoms with E-state index in [1.54, 1.807) is 0 Å². The molecule has 1 atom stereocenters. The van der Waals surface area contributed by atoms with E-state index < -0.39 is 0 Å². The molecule has 88 valence electrons. The molecule has 0 spiro atoms. The standard InChI is InChI=1S/C11H15BrN2O2/c1-2-8(3-5-12)14-11(16)9-7-13-6-4-10(9)15/h4,6-8H,2-3,5H2,1H3,(H,13,15)(H,14,16). The number of hydrogen-bond donors (Lipinski definition) is 2. The Balaban J connectivity index is 2.72. The van der Waals surface area contributed by atoms with Gasteiger partial charge in [0, 0.05) is 29.8 Å². The average molecular weight is 287 g/mol. The van der Waals surface area contributed by atoms with Gasteiger partial charge in [0.1, 0.15) is 5.56 Å². The largest absolute Gasteiger partial charge is 0.367 e. The van der Waals surface area contributed by atoms with Gasteiger partial charge in [0.15, 0.2) is 5.43 Å². The van der Waals surface area contributed by atoms with Gasteiger partial charge in [0.2, 0.25) is 0 Å². The van der Waals surface area contributed by atoms with Crippen molar-refractivity contribution in [1.29, 1.82) is 0 Å². The van der Waals surface area contributed by atoms with E-state index in [9.17, 15) is 9.59 Å². The molecule has 2 N–H and O–H groups in total. The first kappa shape index (κ1) is 13.0. The molecule has 0 saturated heterocycles. The molecule has 0 fully saturated rings. The number of H-pyrrole nitrogens is 1. The van der Waals surface area contributed by atoms with E-state index in [1.807, 2.05) is 6.92 Å². The first-order valence-electron chi connectivity index (χ1n) is 5.23. The molecule has 0 bridgehead atoms. The van der Waals surface area contributed by atoms with Gasteiger partial charge in [-0.05, 0) is 12.8 Å². The van der Waals surface area contributed by atoms with Crippen molar-refractivity contribution in [2.75, 3.05) is 5.33 Å². The third-order valence-corrected chi connectivity index (χ3v) is 2.81. The van der Waals surface area contributed by atoms with Crippen molar-refractivity contribution in [3.8, 4) is 0 Å². The van der Waals surface area contributed by atoms with Gasteiger partial charge in [-0.1, -0.05) is 22.9 Å². The lowest BCUT2D eigenvalue weighted by Gasteiger charge is -2.15. The van der Waals surface area contributed by atoms with Crippen molar-refractivity contribution in [1.82, 2.24) is 10.3 Å². The van der Waals surface area contributed by atoms with Crippen LogP contribution in [0.25, 0.3) is 0 Å². The van der Waals surface area contributed by atoms with Gasteiger partial charge in [-0.15, -0.1) is 0 Å². The summed E-state index contributed by atoms with van der Waals surface area (Å²) >= 11 is 3.33. The lowest BCUT2D eigenvalue weighted by atomic mass is 10.1. The predicted octanol–water partition coefficient (Wildman–Crippen LogP) is 1.67. The smallest absolute Gasteiger partial charge is 0.256 e. The molecule has 0 aliphatic rings. The van der Waals surface area contributed by atoms with E-state index in [-0.39, 0.29) is 22.9 Å². The Morgan fingerprint density at radius 1 is 1.62 bits per heavy atom. The maximum absolute atomic E-state index is 11.8. The summed E-state index contributed by atoms with van der Waals surface area (Å²) in [5.41, 5.74) is -0.0968. The summed E-state index contributed by atoms with van der Waals surface area (Å²) in [7, 11) is 0. The van der Waals surface area contributed by atoms with Gasteiger partial charge in [-0.2, -0.15) is 0 Å². The van der Waals surface area contributed by atoms with E-state index in [4.69, 9.17) is 0 Å². The summed E-state index contributed by atoms with van der Waals surface area (Å²) in [5.74, 6) is -0.311. The number of rotatable bonds is 5. The summed E-state index contributed by atoms with van der Waals surface area (Å²) in [6.07, 6.45) is 4.64. The van der Waals surface area contributed by atoms with Gasteiger partial charge < -0.3 is 10.3 Å². The lowest BCUT2D eigenvalue weighted by Crippen LogP contribution is -2.37.